The van der Waals surface area contributed by atoms with E-state index >= 15 is 0 Å². The van der Waals surface area contributed by atoms with Crippen LogP contribution < -0.4 is 5.73 Å². The first-order chi connectivity index (χ1) is 6.95. The van der Waals surface area contributed by atoms with E-state index in [4.69, 9.17) is 5.73 Å². The summed E-state index contributed by atoms with van der Waals surface area (Å²) < 4.78 is 0. The number of primary amides is 1. The number of carbonyl (C=O) groups is 1. The van der Waals surface area contributed by atoms with Gasteiger partial charge < -0.3 is 10.8 Å². The van der Waals surface area contributed by atoms with Crippen LogP contribution in [0.25, 0.3) is 0 Å². The second-order valence-electron chi connectivity index (χ2n) is 4.14. The number of phenols is 1. The fourth-order valence-electron chi connectivity index (χ4n) is 1.49. The number of rotatable bonds is 3. The summed E-state index contributed by atoms with van der Waals surface area (Å²) in [6.45, 7) is 6.16. The molecular formula is C12H17NO2. The van der Waals surface area contributed by atoms with E-state index < -0.39 is 5.91 Å². The van der Waals surface area contributed by atoms with E-state index in [9.17, 15) is 9.90 Å². The zero-order chi connectivity index (χ0) is 11.6. The molecular weight excluding hydrogens is 190 g/mol. The smallest absolute Gasteiger partial charge is 0.252 e. The summed E-state index contributed by atoms with van der Waals surface area (Å²) >= 11 is 0. The van der Waals surface area contributed by atoms with Crippen LogP contribution in [0.15, 0.2) is 18.2 Å². The molecule has 3 heteroatoms. The van der Waals surface area contributed by atoms with Crippen molar-refractivity contribution >= 4 is 5.91 Å². The van der Waals surface area contributed by atoms with Crippen LogP contribution in [-0.4, -0.2) is 11.0 Å². The minimum absolute atomic E-state index is 0.0196. The van der Waals surface area contributed by atoms with Gasteiger partial charge in [0.2, 0.25) is 0 Å². The Balaban J connectivity index is 3.21. The predicted molar refractivity (Wildman–Crippen MR) is 59.9 cm³/mol. The number of aromatic hydroxyl groups is 1. The number of hydrogen-bond acceptors (Lipinski definition) is 2. The van der Waals surface area contributed by atoms with Gasteiger partial charge in [0.15, 0.2) is 0 Å². The van der Waals surface area contributed by atoms with Gasteiger partial charge in [0.25, 0.3) is 5.91 Å². The Kier molecular flexibility index (Phi) is 3.35. The third kappa shape index (κ3) is 2.29. The average molecular weight is 207 g/mol. The Hall–Kier alpha value is -1.51. The van der Waals surface area contributed by atoms with Crippen LogP contribution in [0.5, 0.6) is 5.75 Å². The van der Waals surface area contributed by atoms with E-state index in [0.29, 0.717) is 5.92 Å². The standard InChI is InChI=1S/C12H17NO2/c1-7(2)8(3)9-5-4-6-10(11(9)14)12(13)15/h4-8,14H,1-3H3,(H2,13,15). The Morgan fingerprint density at radius 3 is 2.40 bits per heavy atom. The largest absolute Gasteiger partial charge is 0.507 e. The van der Waals surface area contributed by atoms with Crippen LogP contribution in [0.3, 0.4) is 0 Å². The molecule has 3 N–H and O–H groups in total. The molecule has 0 bridgehead atoms. The highest BCUT2D eigenvalue weighted by Gasteiger charge is 2.17. The lowest BCUT2D eigenvalue weighted by Gasteiger charge is -2.18. The van der Waals surface area contributed by atoms with Crippen LogP contribution in [0.2, 0.25) is 0 Å². The molecule has 1 aromatic carbocycles. The van der Waals surface area contributed by atoms with Crippen molar-refractivity contribution in [3.05, 3.63) is 29.3 Å². The molecule has 0 aliphatic rings. The lowest BCUT2D eigenvalue weighted by molar-refractivity contribution is 0.0997. The molecule has 0 saturated heterocycles. The second kappa shape index (κ2) is 4.34. The van der Waals surface area contributed by atoms with Gasteiger partial charge >= 0.3 is 0 Å². The summed E-state index contributed by atoms with van der Waals surface area (Å²) in [6, 6.07) is 5.11. The molecule has 3 nitrogen and oxygen atoms in total. The van der Waals surface area contributed by atoms with E-state index in [1.165, 1.54) is 6.07 Å². The maximum Gasteiger partial charge on any atom is 0.252 e. The summed E-state index contributed by atoms with van der Waals surface area (Å²) in [5, 5.41) is 9.88. The fourth-order valence-corrected chi connectivity index (χ4v) is 1.49. The highest BCUT2D eigenvalue weighted by atomic mass is 16.3. The first-order valence-electron chi connectivity index (χ1n) is 5.06. The van der Waals surface area contributed by atoms with E-state index in [1.54, 1.807) is 6.07 Å². The first-order valence-corrected chi connectivity index (χ1v) is 5.06. The Morgan fingerprint density at radius 2 is 1.93 bits per heavy atom. The third-order valence-electron chi connectivity index (χ3n) is 2.82. The highest BCUT2D eigenvalue weighted by molar-refractivity contribution is 5.95. The van der Waals surface area contributed by atoms with Crippen molar-refractivity contribution in [3.8, 4) is 5.75 Å². The molecule has 82 valence electrons. The quantitative estimate of drug-likeness (QED) is 0.798. The molecule has 0 aromatic heterocycles. The molecule has 1 aromatic rings. The minimum atomic E-state index is -0.592. The first kappa shape index (κ1) is 11.6. The number of nitrogens with two attached hydrogens (primary N) is 1. The number of para-hydroxylation sites is 1. The van der Waals surface area contributed by atoms with Gasteiger partial charge in [0.1, 0.15) is 5.75 Å². The monoisotopic (exact) mass is 207 g/mol. The molecule has 1 unspecified atom stereocenters. The highest BCUT2D eigenvalue weighted by Crippen LogP contribution is 2.32. The summed E-state index contributed by atoms with van der Waals surface area (Å²) in [5.41, 5.74) is 6.13. The molecule has 0 saturated carbocycles. The van der Waals surface area contributed by atoms with Gasteiger partial charge in [-0.05, 0) is 23.5 Å². The summed E-state index contributed by atoms with van der Waals surface area (Å²) in [7, 11) is 0. The maximum atomic E-state index is 11.0. The zero-order valence-corrected chi connectivity index (χ0v) is 9.32. The molecule has 0 heterocycles. The molecule has 1 amide bonds. The van der Waals surface area contributed by atoms with E-state index in [1.807, 2.05) is 13.0 Å². The Bertz CT molecular complexity index is 372. The lowest BCUT2D eigenvalue weighted by Crippen LogP contribution is -2.12. The van der Waals surface area contributed by atoms with Crippen molar-refractivity contribution in [1.82, 2.24) is 0 Å². The average Bonchev–Trinajstić information content (AvgIpc) is 2.16. The van der Waals surface area contributed by atoms with Crippen molar-refractivity contribution in [2.75, 3.05) is 0 Å². The Morgan fingerprint density at radius 1 is 1.33 bits per heavy atom. The van der Waals surface area contributed by atoms with Gasteiger partial charge in [-0.1, -0.05) is 32.9 Å². The van der Waals surface area contributed by atoms with E-state index in [2.05, 4.69) is 13.8 Å². The van der Waals surface area contributed by atoms with Crippen molar-refractivity contribution in [3.63, 3.8) is 0 Å². The molecule has 0 aliphatic carbocycles. The number of amides is 1. The SMILES string of the molecule is CC(C)C(C)c1cccc(C(N)=O)c1O. The van der Waals surface area contributed by atoms with E-state index in [-0.39, 0.29) is 17.2 Å². The van der Waals surface area contributed by atoms with Gasteiger partial charge in [0, 0.05) is 0 Å². The van der Waals surface area contributed by atoms with Crippen LogP contribution in [0.4, 0.5) is 0 Å². The van der Waals surface area contributed by atoms with Gasteiger partial charge in [0.05, 0.1) is 5.56 Å². The molecule has 0 radical (unpaired) electrons. The maximum absolute atomic E-state index is 11.0. The second-order valence-corrected chi connectivity index (χ2v) is 4.14. The van der Waals surface area contributed by atoms with Crippen molar-refractivity contribution < 1.29 is 9.90 Å². The topological polar surface area (TPSA) is 63.3 Å². The van der Waals surface area contributed by atoms with Crippen molar-refractivity contribution in [1.29, 1.82) is 0 Å². The predicted octanol–water partition coefficient (Wildman–Crippen LogP) is 2.25. The van der Waals surface area contributed by atoms with Crippen LogP contribution in [0, 0.1) is 5.92 Å². The van der Waals surface area contributed by atoms with Crippen LogP contribution >= 0.6 is 0 Å². The molecule has 15 heavy (non-hydrogen) atoms. The molecule has 0 fully saturated rings. The molecule has 0 aliphatic heterocycles. The van der Waals surface area contributed by atoms with Gasteiger partial charge in [-0.3, -0.25) is 4.79 Å². The summed E-state index contributed by atoms with van der Waals surface area (Å²) in [5.74, 6) is 0.0276. The summed E-state index contributed by atoms with van der Waals surface area (Å²) in [6.07, 6.45) is 0. The van der Waals surface area contributed by atoms with Crippen LogP contribution in [-0.2, 0) is 0 Å². The van der Waals surface area contributed by atoms with Gasteiger partial charge in [-0.2, -0.15) is 0 Å². The molecule has 1 atom stereocenters. The lowest BCUT2D eigenvalue weighted by atomic mass is 9.88. The number of carbonyl (C=O) groups excluding carboxylic acids is 1. The normalized spacial score (nSPS) is 12.8. The van der Waals surface area contributed by atoms with Gasteiger partial charge in [-0.25, -0.2) is 0 Å². The Labute approximate surface area is 89.9 Å². The van der Waals surface area contributed by atoms with Crippen molar-refractivity contribution in [2.24, 2.45) is 11.7 Å². The molecule has 0 spiro atoms. The van der Waals surface area contributed by atoms with Gasteiger partial charge in [-0.15, -0.1) is 0 Å². The fraction of sp³-hybridized carbons (Fsp3) is 0.417. The number of benzene rings is 1. The molecule has 1 rings (SSSR count). The number of hydrogen-bond donors (Lipinski definition) is 2. The van der Waals surface area contributed by atoms with Crippen LogP contribution in [0.1, 0.15) is 42.6 Å². The van der Waals surface area contributed by atoms with E-state index in [0.717, 1.165) is 5.56 Å². The zero-order valence-electron chi connectivity index (χ0n) is 9.32. The minimum Gasteiger partial charge on any atom is -0.507 e. The van der Waals surface area contributed by atoms with Crippen molar-refractivity contribution in [2.45, 2.75) is 26.7 Å². The summed E-state index contributed by atoms with van der Waals surface area (Å²) in [4.78, 5) is 11.0. The third-order valence-corrected chi connectivity index (χ3v) is 2.82.